The smallest absolute Gasteiger partial charge is 0.248 e. The number of ether oxygens (including phenoxy) is 1. The van der Waals surface area contributed by atoms with Crippen LogP contribution in [0.4, 0.5) is 0 Å². The number of rotatable bonds is 4. The van der Waals surface area contributed by atoms with Gasteiger partial charge in [-0.2, -0.15) is 0 Å². The average Bonchev–Trinajstić information content (AvgIpc) is 3.05. The number of aryl methyl sites for hydroxylation is 1. The van der Waals surface area contributed by atoms with E-state index >= 15 is 0 Å². The van der Waals surface area contributed by atoms with Gasteiger partial charge in [0, 0.05) is 21.5 Å². The van der Waals surface area contributed by atoms with E-state index in [1.807, 2.05) is 25.1 Å². The Kier molecular flexibility index (Phi) is 4.26. The van der Waals surface area contributed by atoms with Gasteiger partial charge in [-0.25, -0.2) is 19.9 Å². The summed E-state index contributed by atoms with van der Waals surface area (Å²) in [5, 5.41) is 0. The fourth-order valence-corrected chi connectivity index (χ4v) is 2.53. The van der Waals surface area contributed by atoms with Crippen molar-refractivity contribution in [2.24, 2.45) is 0 Å². The Hall–Kier alpha value is -2.62. The van der Waals surface area contributed by atoms with Crippen LogP contribution < -0.4 is 4.74 Å². The highest BCUT2D eigenvalue weighted by atomic mass is 127. The van der Waals surface area contributed by atoms with Crippen molar-refractivity contribution in [3.8, 4) is 17.3 Å². The predicted molar refractivity (Wildman–Crippen MR) is 98.9 cm³/mol. The van der Waals surface area contributed by atoms with E-state index in [4.69, 9.17) is 9.15 Å². The Labute approximate surface area is 156 Å². The number of nitrogens with zero attached hydrogens (tertiary/aromatic N) is 5. The lowest BCUT2D eigenvalue weighted by molar-refractivity contribution is 0.300. The molecule has 0 aliphatic rings. The summed E-state index contributed by atoms with van der Waals surface area (Å²) in [5.41, 5.74) is 3.36. The van der Waals surface area contributed by atoms with Crippen LogP contribution in [-0.2, 0) is 6.61 Å². The average molecular weight is 445 g/mol. The minimum Gasteiger partial charge on any atom is -0.486 e. The standard InChI is InChI=1S/C17H12IN5O2/c1-10-4-14(22-9-21-10)17-23-15-5-13(7-20-16(15)25-17)24-8-12-3-2-11(18)6-19-12/h2-7,9H,8H2,1H3. The van der Waals surface area contributed by atoms with E-state index in [-0.39, 0.29) is 0 Å². The number of hydrogen-bond donors (Lipinski definition) is 0. The highest BCUT2D eigenvalue weighted by Gasteiger charge is 2.12. The van der Waals surface area contributed by atoms with E-state index in [0.29, 0.717) is 35.2 Å². The van der Waals surface area contributed by atoms with Crippen LogP contribution in [-0.4, -0.2) is 24.9 Å². The summed E-state index contributed by atoms with van der Waals surface area (Å²) in [6.07, 6.45) is 4.89. The van der Waals surface area contributed by atoms with Crippen molar-refractivity contribution in [3.63, 3.8) is 0 Å². The Balaban J connectivity index is 1.56. The molecule has 0 N–H and O–H groups in total. The molecule has 0 aromatic carbocycles. The van der Waals surface area contributed by atoms with Crippen molar-refractivity contribution in [2.45, 2.75) is 13.5 Å². The highest BCUT2D eigenvalue weighted by Crippen LogP contribution is 2.24. The largest absolute Gasteiger partial charge is 0.486 e. The lowest BCUT2D eigenvalue weighted by atomic mass is 10.3. The maximum atomic E-state index is 5.74. The summed E-state index contributed by atoms with van der Waals surface area (Å²) in [4.78, 5) is 21.2. The van der Waals surface area contributed by atoms with Gasteiger partial charge in [-0.1, -0.05) is 0 Å². The zero-order valence-electron chi connectivity index (χ0n) is 13.2. The number of pyridine rings is 2. The third kappa shape index (κ3) is 3.58. The first-order valence-electron chi connectivity index (χ1n) is 7.46. The molecule has 4 aromatic rings. The van der Waals surface area contributed by atoms with Crippen LogP contribution in [0.15, 0.2) is 47.4 Å². The van der Waals surface area contributed by atoms with Crippen LogP contribution in [0.2, 0.25) is 0 Å². The molecule has 8 heteroatoms. The number of oxazole rings is 1. The van der Waals surface area contributed by atoms with Crippen molar-refractivity contribution in [1.29, 1.82) is 0 Å². The van der Waals surface area contributed by atoms with Crippen molar-refractivity contribution in [3.05, 3.63) is 57.9 Å². The number of hydrogen-bond acceptors (Lipinski definition) is 7. The second kappa shape index (κ2) is 6.71. The van der Waals surface area contributed by atoms with E-state index in [2.05, 4.69) is 47.5 Å². The molecule has 0 saturated heterocycles. The summed E-state index contributed by atoms with van der Waals surface area (Å²) >= 11 is 2.21. The van der Waals surface area contributed by atoms with Gasteiger partial charge in [-0.15, -0.1) is 0 Å². The van der Waals surface area contributed by atoms with E-state index < -0.39 is 0 Å². The normalized spacial score (nSPS) is 11.0. The lowest BCUT2D eigenvalue weighted by Crippen LogP contribution is -1.98. The number of aromatic nitrogens is 5. The second-order valence-corrected chi connectivity index (χ2v) is 6.56. The Morgan fingerprint density at radius 2 is 2.00 bits per heavy atom. The van der Waals surface area contributed by atoms with Gasteiger partial charge >= 0.3 is 0 Å². The molecule has 0 radical (unpaired) electrons. The van der Waals surface area contributed by atoms with E-state index in [1.165, 1.54) is 6.33 Å². The monoisotopic (exact) mass is 445 g/mol. The molecule has 4 rings (SSSR count). The fraction of sp³-hybridized carbons (Fsp3) is 0.118. The van der Waals surface area contributed by atoms with Crippen LogP contribution in [0, 0.1) is 10.5 Å². The maximum Gasteiger partial charge on any atom is 0.248 e. The molecule has 0 aliphatic carbocycles. The molecule has 0 amide bonds. The van der Waals surface area contributed by atoms with Gasteiger partial charge in [-0.05, 0) is 47.7 Å². The van der Waals surface area contributed by atoms with Gasteiger partial charge < -0.3 is 9.15 Å². The molecular formula is C17H12IN5O2. The first-order valence-corrected chi connectivity index (χ1v) is 8.54. The SMILES string of the molecule is Cc1cc(-c2nc3cc(OCc4ccc(I)cn4)cnc3o2)ncn1. The van der Waals surface area contributed by atoms with Crippen molar-refractivity contribution >= 4 is 33.8 Å². The molecule has 0 unspecified atom stereocenters. The predicted octanol–water partition coefficient (Wildman–Crippen LogP) is 3.57. The molecule has 0 fully saturated rings. The van der Waals surface area contributed by atoms with Crippen LogP contribution in [0.3, 0.4) is 0 Å². The number of halogens is 1. The van der Waals surface area contributed by atoms with Crippen LogP contribution >= 0.6 is 22.6 Å². The van der Waals surface area contributed by atoms with Gasteiger partial charge in [0.05, 0.1) is 11.9 Å². The third-order valence-corrected chi connectivity index (χ3v) is 4.06. The Morgan fingerprint density at radius 1 is 1.08 bits per heavy atom. The van der Waals surface area contributed by atoms with Gasteiger partial charge in [0.1, 0.15) is 29.9 Å². The molecule has 4 aromatic heterocycles. The van der Waals surface area contributed by atoms with Crippen molar-refractivity contribution < 1.29 is 9.15 Å². The van der Waals surface area contributed by atoms with Crippen molar-refractivity contribution in [1.82, 2.24) is 24.9 Å². The minimum atomic E-state index is 0.361. The first kappa shape index (κ1) is 15.9. The molecule has 4 heterocycles. The molecule has 0 aliphatic heterocycles. The molecular weight excluding hydrogens is 433 g/mol. The molecule has 25 heavy (non-hydrogen) atoms. The van der Waals surface area contributed by atoms with Gasteiger partial charge in [0.15, 0.2) is 0 Å². The topological polar surface area (TPSA) is 86.8 Å². The summed E-state index contributed by atoms with van der Waals surface area (Å²) in [5.74, 6) is 1.01. The van der Waals surface area contributed by atoms with E-state index in [0.717, 1.165) is 15.0 Å². The van der Waals surface area contributed by atoms with Gasteiger partial charge in [-0.3, -0.25) is 4.98 Å². The molecule has 0 bridgehead atoms. The van der Waals surface area contributed by atoms with E-state index in [1.54, 1.807) is 18.5 Å². The van der Waals surface area contributed by atoms with Crippen LogP contribution in [0.25, 0.3) is 22.8 Å². The lowest BCUT2D eigenvalue weighted by Gasteiger charge is -2.04. The summed E-state index contributed by atoms with van der Waals surface area (Å²) < 4.78 is 12.5. The molecule has 0 spiro atoms. The Bertz CT molecular complexity index is 1030. The summed E-state index contributed by atoms with van der Waals surface area (Å²) in [6.45, 7) is 2.25. The minimum absolute atomic E-state index is 0.361. The van der Waals surface area contributed by atoms with Crippen LogP contribution in [0.5, 0.6) is 5.75 Å². The number of fused-ring (bicyclic) bond motifs is 1. The highest BCUT2D eigenvalue weighted by molar-refractivity contribution is 14.1. The van der Waals surface area contributed by atoms with Gasteiger partial charge in [0.25, 0.3) is 0 Å². The maximum absolute atomic E-state index is 5.74. The second-order valence-electron chi connectivity index (χ2n) is 5.32. The van der Waals surface area contributed by atoms with Crippen LogP contribution in [0.1, 0.15) is 11.4 Å². The van der Waals surface area contributed by atoms with Crippen molar-refractivity contribution in [2.75, 3.05) is 0 Å². The quantitative estimate of drug-likeness (QED) is 0.444. The first-order chi connectivity index (χ1) is 12.2. The summed E-state index contributed by atoms with van der Waals surface area (Å²) in [7, 11) is 0. The molecule has 0 saturated carbocycles. The van der Waals surface area contributed by atoms with E-state index in [9.17, 15) is 0 Å². The zero-order chi connectivity index (χ0) is 17.2. The zero-order valence-corrected chi connectivity index (χ0v) is 15.3. The summed E-state index contributed by atoms with van der Waals surface area (Å²) in [6, 6.07) is 7.52. The Morgan fingerprint density at radius 3 is 2.80 bits per heavy atom. The third-order valence-electron chi connectivity index (χ3n) is 3.42. The molecule has 7 nitrogen and oxygen atoms in total. The van der Waals surface area contributed by atoms with Gasteiger partial charge in [0.2, 0.25) is 11.6 Å². The molecule has 124 valence electrons. The fourth-order valence-electron chi connectivity index (χ4n) is 2.21. The molecule has 0 atom stereocenters.